The Labute approximate surface area is 130 Å². The summed E-state index contributed by atoms with van der Waals surface area (Å²) in [5, 5.41) is 29.9. The molecule has 0 aromatic rings. The molecule has 0 radical (unpaired) electrons. The maximum atomic E-state index is 10.5. The van der Waals surface area contributed by atoms with Gasteiger partial charge in [0.25, 0.3) is 0 Å². The van der Waals surface area contributed by atoms with Crippen molar-refractivity contribution in [1.82, 2.24) is 0 Å². The molecule has 1 aliphatic carbocycles. The van der Waals surface area contributed by atoms with Gasteiger partial charge >= 0.3 is 0 Å². The molecule has 1 saturated carbocycles. The molecule has 6 atom stereocenters. The van der Waals surface area contributed by atoms with Gasteiger partial charge in [0, 0.05) is 12.8 Å². The lowest BCUT2D eigenvalue weighted by Crippen LogP contribution is -2.59. The van der Waals surface area contributed by atoms with Crippen molar-refractivity contribution in [3.8, 4) is 0 Å². The molecule has 2 aliphatic heterocycles. The summed E-state index contributed by atoms with van der Waals surface area (Å²) in [5.74, 6) is -0.672. The Kier molecular flexibility index (Phi) is 4.87. The van der Waals surface area contributed by atoms with Crippen LogP contribution in [0.15, 0.2) is 12.7 Å². The minimum Gasteiger partial charge on any atom is -0.394 e. The van der Waals surface area contributed by atoms with Crippen molar-refractivity contribution >= 4 is 0 Å². The van der Waals surface area contributed by atoms with Crippen LogP contribution in [0.2, 0.25) is 0 Å². The van der Waals surface area contributed by atoms with Gasteiger partial charge in [0.15, 0.2) is 5.79 Å². The SMILES string of the molecule is C=CCC1OC(C(O)CO)C2OC3(CCCCC3)OC2C1O. The molecular formula is C16H26O6. The fraction of sp³-hybridized carbons (Fsp3) is 0.875. The number of fused-ring (bicyclic) bond motifs is 1. The third-order valence-corrected chi connectivity index (χ3v) is 4.98. The van der Waals surface area contributed by atoms with Gasteiger partial charge in [-0.15, -0.1) is 6.58 Å². The van der Waals surface area contributed by atoms with Crippen LogP contribution in [-0.2, 0) is 14.2 Å². The van der Waals surface area contributed by atoms with Gasteiger partial charge in [0.1, 0.15) is 30.5 Å². The molecule has 3 fully saturated rings. The molecule has 1 spiro atoms. The number of hydrogen-bond donors (Lipinski definition) is 3. The van der Waals surface area contributed by atoms with Gasteiger partial charge in [-0.25, -0.2) is 0 Å². The highest BCUT2D eigenvalue weighted by atomic mass is 16.8. The fourth-order valence-corrected chi connectivity index (χ4v) is 3.85. The second kappa shape index (κ2) is 6.55. The molecule has 3 rings (SSSR count). The zero-order chi connectivity index (χ0) is 15.7. The van der Waals surface area contributed by atoms with Crippen molar-refractivity contribution in [2.45, 2.75) is 80.9 Å². The summed E-state index contributed by atoms with van der Waals surface area (Å²) in [6, 6.07) is 0. The predicted octanol–water partition coefficient (Wildman–Crippen LogP) is 0.488. The van der Waals surface area contributed by atoms with E-state index in [1.165, 1.54) is 0 Å². The first-order valence-electron chi connectivity index (χ1n) is 8.19. The van der Waals surface area contributed by atoms with Gasteiger partial charge in [-0.1, -0.05) is 12.5 Å². The number of ether oxygens (including phenoxy) is 3. The van der Waals surface area contributed by atoms with Crippen LogP contribution in [0.5, 0.6) is 0 Å². The molecule has 3 N–H and O–H groups in total. The first-order valence-corrected chi connectivity index (χ1v) is 8.19. The Hall–Kier alpha value is -0.500. The van der Waals surface area contributed by atoms with Crippen LogP contribution in [0.25, 0.3) is 0 Å². The van der Waals surface area contributed by atoms with Crippen LogP contribution in [0.3, 0.4) is 0 Å². The van der Waals surface area contributed by atoms with E-state index >= 15 is 0 Å². The maximum Gasteiger partial charge on any atom is 0.169 e. The van der Waals surface area contributed by atoms with E-state index in [1.807, 2.05) is 0 Å². The molecule has 6 unspecified atom stereocenters. The predicted molar refractivity (Wildman–Crippen MR) is 78.1 cm³/mol. The normalized spacial score (nSPS) is 42.0. The lowest BCUT2D eigenvalue weighted by atomic mass is 9.91. The highest BCUT2D eigenvalue weighted by molar-refractivity contribution is 5.03. The van der Waals surface area contributed by atoms with Gasteiger partial charge < -0.3 is 29.5 Å². The van der Waals surface area contributed by atoms with E-state index in [2.05, 4.69) is 6.58 Å². The zero-order valence-electron chi connectivity index (χ0n) is 12.8. The molecule has 6 heteroatoms. The number of hydrogen-bond acceptors (Lipinski definition) is 6. The van der Waals surface area contributed by atoms with E-state index in [0.29, 0.717) is 6.42 Å². The first kappa shape index (κ1) is 16.4. The molecule has 3 aliphatic rings. The highest BCUT2D eigenvalue weighted by Crippen LogP contribution is 2.45. The van der Waals surface area contributed by atoms with Crippen LogP contribution < -0.4 is 0 Å². The third kappa shape index (κ3) is 2.84. The molecule has 0 aromatic heterocycles. The second-order valence-electron chi connectivity index (χ2n) is 6.54. The van der Waals surface area contributed by atoms with Crippen molar-refractivity contribution < 1.29 is 29.5 Å². The third-order valence-electron chi connectivity index (χ3n) is 4.98. The van der Waals surface area contributed by atoms with E-state index in [-0.39, 0.29) is 0 Å². The second-order valence-corrected chi connectivity index (χ2v) is 6.54. The van der Waals surface area contributed by atoms with Crippen LogP contribution >= 0.6 is 0 Å². The van der Waals surface area contributed by atoms with E-state index < -0.39 is 49.0 Å². The quantitative estimate of drug-likeness (QED) is 0.655. The fourth-order valence-electron chi connectivity index (χ4n) is 3.85. The zero-order valence-corrected chi connectivity index (χ0v) is 12.8. The Morgan fingerprint density at radius 2 is 1.86 bits per heavy atom. The summed E-state index contributed by atoms with van der Waals surface area (Å²) in [5.41, 5.74) is 0. The lowest BCUT2D eigenvalue weighted by Gasteiger charge is -2.41. The summed E-state index contributed by atoms with van der Waals surface area (Å²) in [7, 11) is 0. The monoisotopic (exact) mass is 314 g/mol. The first-order chi connectivity index (χ1) is 10.6. The van der Waals surface area contributed by atoms with Crippen molar-refractivity contribution in [2.24, 2.45) is 0 Å². The van der Waals surface area contributed by atoms with Gasteiger partial charge in [-0.05, 0) is 19.3 Å². The average molecular weight is 314 g/mol. The summed E-state index contributed by atoms with van der Waals surface area (Å²) < 4.78 is 18.1. The number of aliphatic hydroxyl groups excluding tert-OH is 3. The Bertz CT molecular complexity index is 394. The Morgan fingerprint density at radius 1 is 1.18 bits per heavy atom. The number of aliphatic hydroxyl groups is 3. The minimum absolute atomic E-state index is 0.416. The van der Waals surface area contributed by atoms with E-state index in [4.69, 9.17) is 14.2 Å². The summed E-state index contributed by atoms with van der Waals surface area (Å²) in [4.78, 5) is 0. The van der Waals surface area contributed by atoms with Crippen molar-refractivity contribution in [3.05, 3.63) is 12.7 Å². The minimum atomic E-state index is -1.06. The Morgan fingerprint density at radius 3 is 2.50 bits per heavy atom. The van der Waals surface area contributed by atoms with Crippen LogP contribution in [0.4, 0.5) is 0 Å². The highest BCUT2D eigenvalue weighted by Gasteiger charge is 2.58. The molecule has 22 heavy (non-hydrogen) atoms. The molecule has 0 amide bonds. The standard InChI is InChI=1S/C16H26O6/c1-2-6-11-12(19)14-15(13(20-11)10(18)9-17)22-16(21-14)7-4-3-5-8-16/h2,10-15,17-19H,1,3-9H2. The van der Waals surface area contributed by atoms with Crippen molar-refractivity contribution in [1.29, 1.82) is 0 Å². The van der Waals surface area contributed by atoms with Gasteiger partial charge in [-0.3, -0.25) is 0 Å². The van der Waals surface area contributed by atoms with E-state index in [1.54, 1.807) is 6.08 Å². The topological polar surface area (TPSA) is 88.4 Å². The maximum absolute atomic E-state index is 10.5. The summed E-state index contributed by atoms with van der Waals surface area (Å²) >= 11 is 0. The average Bonchev–Trinajstić information content (AvgIpc) is 2.89. The van der Waals surface area contributed by atoms with Crippen LogP contribution in [0.1, 0.15) is 38.5 Å². The van der Waals surface area contributed by atoms with Gasteiger partial charge in [0.05, 0.1) is 12.7 Å². The van der Waals surface area contributed by atoms with Gasteiger partial charge in [-0.2, -0.15) is 0 Å². The molecular weight excluding hydrogens is 288 g/mol. The van der Waals surface area contributed by atoms with E-state index in [0.717, 1.165) is 32.1 Å². The van der Waals surface area contributed by atoms with Gasteiger partial charge in [0.2, 0.25) is 0 Å². The molecule has 6 nitrogen and oxygen atoms in total. The summed E-state index contributed by atoms with van der Waals surface area (Å²) in [6.45, 7) is 3.26. The van der Waals surface area contributed by atoms with Crippen LogP contribution in [0, 0.1) is 0 Å². The molecule has 2 heterocycles. The smallest absolute Gasteiger partial charge is 0.169 e. The molecule has 2 saturated heterocycles. The summed E-state index contributed by atoms with van der Waals surface area (Å²) in [6.07, 6.45) is 2.72. The van der Waals surface area contributed by atoms with E-state index in [9.17, 15) is 15.3 Å². The molecule has 126 valence electrons. The van der Waals surface area contributed by atoms with Crippen LogP contribution in [-0.4, -0.2) is 64.3 Å². The largest absolute Gasteiger partial charge is 0.394 e. The Balaban J connectivity index is 1.82. The molecule has 0 aromatic carbocycles. The lowest BCUT2D eigenvalue weighted by molar-refractivity contribution is -0.217. The van der Waals surface area contributed by atoms with Crippen molar-refractivity contribution in [3.63, 3.8) is 0 Å². The number of rotatable bonds is 4. The molecule has 0 bridgehead atoms. The van der Waals surface area contributed by atoms with Crippen molar-refractivity contribution in [2.75, 3.05) is 6.61 Å².